The molecule has 2 rings (SSSR count). The molecule has 1 aliphatic rings. The van der Waals surface area contributed by atoms with E-state index in [0.717, 1.165) is 12.2 Å². The molecule has 1 aromatic rings. The van der Waals surface area contributed by atoms with E-state index < -0.39 is 0 Å². The van der Waals surface area contributed by atoms with Crippen LogP contribution in [0.5, 0.6) is 0 Å². The van der Waals surface area contributed by atoms with Crippen LogP contribution in [0.1, 0.15) is 43.0 Å². The first kappa shape index (κ1) is 13.9. The Morgan fingerprint density at radius 2 is 2.16 bits per heavy atom. The van der Waals surface area contributed by atoms with Gasteiger partial charge in [0.05, 0.1) is 12.7 Å². The first-order chi connectivity index (χ1) is 9.16. The van der Waals surface area contributed by atoms with E-state index in [2.05, 4.69) is 5.32 Å². The minimum atomic E-state index is -0.0108. The molecule has 104 valence electrons. The molecule has 0 aliphatic heterocycles. The monoisotopic (exact) mass is 262 g/mol. The molecule has 0 saturated heterocycles. The Morgan fingerprint density at radius 3 is 2.84 bits per heavy atom. The van der Waals surface area contributed by atoms with Crippen molar-refractivity contribution in [3.8, 4) is 0 Å². The second-order valence-corrected chi connectivity index (χ2v) is 5.06. The maximum absolute atomic E-state index is 11.4. The van der Waals surface area contributed by atoms with Gasteiger partial charge in [-0.3, -0.25) is 4.79 Å². The molecule has 0 atom stereocenters. The van der Waals surface area contributed by atoms with E-state index in [4.69, 9.17) is 10.5 Å². The number of carbonyl (C=O) groups is 1. The minimum absolute atomic E-state index is 0.0108. The zero-order valence-corrected chi connectivity index (χ0v) is 11.4. The minimum Gasteiger partial charge on any atom is -0.398 e. The quantitative estimate of drug-likeness (QED) is 0.470. The Labute approximate surface area is 114 Å². The smallest absolute Gasteiger partial charge is 0.161 e. The van der Waals surface area contributed by atoms with Crippen molar-refractivity contribution < 1.29 is 9.53 Å². The first-order valence-electron chi connectivity index (χ1n) is 6.93. The van der Waals surface area contributed by atoms with E-state index >= 15 is 0 Å². The Hall–Kier alpha value is -1.55. The van der Waals surface area contributed by atoms with Crippen LogP contribution in [-0.2, 0) is 4.74 Å². The average molecular weight is 262 g/mol. The van der Waals surface area contributed by atoms with E-state index in [1.165, 1.54) is 32.6 Å². The van der Waals surface area contributed by atoms with Crippen LogP contribution < -0.4 is 11.1 Å². The number of ketones is 1. The van der Waals surface area contributed by atoms with E-state index in [1.54, 1.807) is 12.1 Å². The van der Waals surface area contributed by atoms with Gasteiger partial charge in [0.25, 0.3) is 0 Å². The van der Waals surface area contributed by atoms with Crippen LogP contribution in [0.15, 0.2) is 18.2 Å². The van der Waals surface area contributed by atoms with E-state index in [-0.39, 0.29) is 5.78 Å². The predicted octanol–water partition coefficient (Wildman–Crippen LogP) is 2.84. The molecule has 1 aliphatic carbocycles. The second-order valence-electron chi connectivity index (χ2n) is 5.06. The Balaban J connectivity index is 1.79. The zero-order valence-electron chi connectivity index (χ0n) is 11.4. The summed E-state index contributed by atoms with van der Waals surface area (Å²) in [5, 5.41) is 3.26. The number of hydrogen-bond donors (Lipinski definition) is 2. The number of nitrogens with one attached hydrogen (secondary N) is 1. The number of hydrogen-bond acceptors (Lipinski definition) is 4. The van der Waals surface area contributed by atoms with Crippen LogP contribution in [0.4, 0.5) is 11.4 Å². The molecule has 0 heterocycles. The van der Waals surface area contributed by atoms with E-state index in [1.807, 2.05) is 6.07 Å². The fourth-order valence-corrected chi connectivity index (χ4v) is 2.45. The molecule has 4 heteroatoms. The summed E-state index contributed by atoms with van der Waals surface area (Å²) in [5.74, 6) is -0.0108. The molecule has 0 amide bonds. The number of nitrogens with two attached hydrogens (primary N) is 1. The van der Waals surface area contributed by atoms with Gasteiger partial charge in [-0.25, -0.2) is 0 Å². The number of rotatable bonds is 6. The highest BCUT2D eigenvalue weighted by molar-refractivity contribution is 5.99. The number of nitrogen functional groups attached to an aromatic ring is 1. The topological polar surface area (TPSA) is 64.3 Å². The van der Waals surface area contributed by atoms with Crippen molar-refractivity contribution in [1.82, 2.24) is 0 Å². The SMILES string of the molecule is CC(=O)c1cc(NCCOC2CCCC2)ccc1N. The molecule has 0 radical (unpaired) electrons. The molecule has 0 bridgehead atoms. The van der Waals surface area contributed by atoms with Crippen LogP contribution in [-0.4, -0.2) is 25.0 Å². The predicted molar refractivity (Wildman–Crippen MR) is 77.6 cm³/mol. The summed E-state index contributed by atoms with van der Waals surface area (Å²) in [6, 6.07) is 5.45. The number of Topliss-reactive ketones (excluding diaryl/α,β-unsaturated/α-hetero) is 1. The summed E-state index contributed by atoms with van der Waals surface area (Å²) in [6.45, 7) is 2.97. The fraction of sp³-hybridized carbons (Fsp3) is 0.533. The van der Waals surface area contributed by atoms with Crippen molar-refractivity contribution >= 4 is 17.2 Å². The standard InChI is InChI=1S/C15H22N2O2/c1-11(18)14-10-12(6-7-15(14)16)17-8-9-19-13-4-2-3-5-13/h6-7,10,13,17H,2-5,8-9,16H2,1H3. The van der Waals surface area contributed by atoms with Gasteiger partial charge in [0.2, 0.25) is 0 Å². The molecular weight excluding hydrogens is 240 g/mol. The highest BCUT2D eigenvalue weighted by Crippen LogP contribution is 2.21. The van der Waals surface area contributed by atoms with Crippen molar-refractivity contribution in [2.24, 2.45) is 0 Å². The molecule has 1 aromatic carbocycles. The summed E-state index contributed by atoms with van der Waals surface area (Å²) >= 11 is 0. The normalized spacial score (nSPS) is 15.6. The van der Waals surface area contributed by atoms with Crippen LogP contribution >= 0.6 is 0 Å². The third kappa shape index (κ3) is 3.96. The van der Waals surface area contributed by atoms with Gasteiger partial charge < -0.3 is 15.8 Å². The molecular formula is C15H22N2O2. The van der Waals surface area contributed by atoms with Gasteiger partial charge in [0.1, 0.15) is 0 Å². The van der Waals surface area contributed by atoms with Gasteiger partial charge in [-0.2, -0.15) is 0 Å². The van der Waals surface area contributed by atoms with Crippen LogP contribution in [0.2, 0.25) is 0 Å². The molecule has 3 N–H and O–H groups in total. The summed E-state index contributed by atoms with van der Waals surface area (Å²) < 4.78 is 5.77. The van der Waals surface area contributed by atoms with Crippen molar-refractivity contribution in [1.29, 1.82) is 0 Å². The largest absolute Gasteiger partial charge is 0.398 e. The molecule has 1 saturated carbocycles. The summed E-state index contributed by atoms with van der Waals surface area (Å²) in [7, 11) is 0. The molecule has 0 spiro atoms. The molecule has 0 unspecified atom stereocenters. The average Bonchev–Trinajstić information content (AvgIpc) is 2.89. The Morgan fingerprint density at radius 1 is 1.42 bits per heavy atom. The maximum Gasteiger partial charge on any atom is 0.161 e. The molecule has 4 nitrogen and oxygen atoms in total. The van der Waals surface area contributed by atoms with Gasteiger partial charge >= 0.3 is 0 Å². The van der Waals surface area contributed by atoms with E-state index in [9.17, 15) is 4.79 Å². The number of ether oxygens (including phenoxy) is 1. The maximum atomic E-state index is 11.4. The van der Waals surface area contributed by atoms with Gasteiger partial charge in [-0.05, 0) is 38.0 Å². The molecule has 19 heavy (non-hydrogen) atoms. The lowest BCUT2D eigenvalue weighted by Gasteiger charge is -2.13. The number of carbonyl (C=O) groups excluding carboxylic acids is 1. The van der Waals surface area contributed by atoms with Crippen LogP contribution in [0.25, 0.3) is 0 Å². The van der Waals surface area contributed by atoms with Crippen molar-refractivity contribution in [3.63, 3.8) is 0 Å². The van der Waals surface area contributed by atoms with Crippen molar-refractivity contribution in [3.05, 3.63) is 23.8 Å². The second kappa shape index (κ2) is 6.57. The van der Waals surface area contributed by atoms with Gasteiger partial charge in [0.15, 0.2) is 5.78 Å². The van der Waals surface area contributed by atoms with E-state index in [0.29, 0.717) is 24.0 Å². The highest BCUT2D eigenvalue weighted by atomic mass is 16.5. The molecule has 0 aromatic heterocycles. The first-order valence-corrected chi connectivity index (χ1v) is 6.93. The fourth-order valence-electron chi connectivity index (χ4n) is 2.45. The van der Waals surface area contributed by atoms with Gasteiger partial charge in [0, 0.05) is 23.5 Å². The van der Waals surface area contributed by atoms with Crippen molar-refractivity contribution in [2.45, 2.75) is 38.7 Å². The van der Waals surface area contributed by atoms with Gasteiger partial charge in [-0.1, -0.05) is 12.8 Å². The molecule has 1 fully saturated rings. The van der Waals surface area contributed by atoms with Crippen molar-refractivity contribution in [2.75, 3.05) is 24.2 Å². The number of anilines is 2. The lowest BCUT2D eigenvalue weighted by atomic mass is 10.1. The third-order valence-corrected chi connectivity index (χ3v) is 3.52. The Kier molecular flexibility index (Phi) is 4.80. The lowest BCUT2D eigenvalue weighted by Crippen LogP contribution is -2.15. The third-order valence-electron chi connectivity index (χ3n) is 3.52. The highest BCUT2D eigenvalue weighted by Gasteiger charge is 2.14. The summed E-state index contributed by atoms with van der Waals surface area (Å²) in [5.41, 5.74) is 7.77. The van der Waals surface area contributed by atoms with Crippen LogP contribution in [0, 0.1) is 0 Å². The summed E-state index contributed by atoms with van der Waals surface area (Å²) in [4.78, 5) is 11.4. The summed E-state index contributed by atoms with van der Waals surface area (Å²) in [6.07, 6.45) is 5.41. The van der Waals surface area contributed by atoms with Crippen LogP contribution in [0.3, 0.4) is 0 Å². The zero-order chi connectivity index (χ0) is 13.7. The lowest BCUT2D eigenvalue weighted by molar-refractivity contribution is 0.0659. The number of benzene rings is 1. The Bertz CT molecular complexity index is 440. The van der Waals surface area contributed by atoms with Gasteiger partial charge in [-0.15, -0.1) is 0 Å².